The highest BCUT2D eigenvalue weighted by Crippen LogP contribution is 2.32. The molecule has 2 N–H and O–H groups in total. The van der Waals surface area contributed by atoms with Crippen molar-refractivity contribution in [3.8, 4) is 11.5 Å². The minimum atomic E-state index is -0.396. The molecule has 2 aliphatic rings. The minimum Gasteiger partial charge on any atom is -0.454 e. The first kappa shape index (κ1) is 21.4. The highest BCUT2D eigenvalue weighted by atomic mass is 16.7. The van der Waals surface area contributed by atoms with E-state index < -0.39 is 5.91 Å². The number of amides is 4. The van der Waals surface area contributed by atoms with Crippen LogP contribution >= 0.6 is 0 Å². The Labute approximate surface area is 184 Å². The highest BCUT2D eigenvalue weighted by Gasteiger charge is 2.36. The number of nitrogens with one attached hydrogen (secondary N) is 2. The third-order valence-corrected chi connectivity index (χ3v) is 5.11. The molecule has 0 atom stereocenters. The summed E-state index contributed by atoms with van der Waals surface area (Å²) < 4.78 is 10.5. The van der Waals surface area contributed by atoms with Crippen LogP contribution in [0.15, 0.2) is 36.4 Å². The molecule has 2 aromatic carbocycles. The second-order valence-corrected chi connectivity index (χ2v) is 7.95. The number of nitrogens with zero attached hydrogens (tertiary/aromatic N) is 1. The molecule has 4 rings (SSSR count). The van der Waals surface area contributed by atoms with E-state index in [4.69, 9.17) is 9.47 Å². The first-order chi connectivity index (χ1) is 15.3. The zero-order chi connectivity index (χ0) is 22.8. The van der Waals surface area contributed by atoms with Crippen molar-refractivity contribution in [2.75, 3.05) is 26.4 Å². The van der Waals surface area contributed by atoms with Gasteiger partial charge < -0.3 is 20.1 Å². The van der Waals surface area contributed by atoms with E-state index in [9.17, 15) is 19.2 Å². The lowest BCUT2D eigenvalue weighted by molar-refractivity contribution is 0.0635. The van der Waals surface area contributed by atoms with Crippen molar-refractivity contribution in [1.82, 2.24) is 15.5 Å². The van der Waals surface area contributed by atoms with Crippen LogP contribution in [0.25, 0.3) is 0 Å². The molecule has 9 nitrogen and oxygen atoms in total. The lowest BCUT2D eigenvalue weighted by Gasteiger charge is -2.15. The zero-order valence-corrected chi connectivity index (χ0v) is 17.8. The Morgan fingerprint density at radius 1 is 0.875 bits per heavy atom. The average Bonchev–Trinajstić information content (AvgIpc) is 3.34. The molecular formula is C23H23N3O6. The van der Waals surface area contributed by atoms with Crippen molar-refractivity contribution in [2.45, 2.75) is 13.8 Å². The Morgan fingerprint density at radius 2 is 1.47 bits per heavy atom. The van der Waals surface area contributed by atoms with Gasteiger partial charge in [-0.1, -0.05) is 13.8 Å². The van der Waals surface area contributed by atoms with Gasteiger partial charge in [0.05, 0.1) is 11.1 Å². The van der Waals surface area contributed by atoms with E-state index in [0.29, 0.717) is 29.2 Å². The molecule has 2 aromatic rings. The van der Waals surface area contributed by atoms with E-state index in [2.05, 4.69) is 10.6 Å². The second-order valence-electron chi connectivity index (χ2n) is 7.95. The Kier molecular flexibility index (Phi) is 5.81. The monoisotopic (exact) mass is 437 g/mol. The Bertz CT molecular complexity index is 1110. The van der Waals surface area contributed by atoms with Gasteiger partial charge in [0.1, 0.15) is 0 Å². The highest BCUT2D eigenvalue weighted by molar-refractivity contribution is 6.22. The maximum Gasteiger partial charge on any atom is 0.261 e. The summed E-state index contributed by atoms with van der Waals surface area (Å²) in [6, 6.07) is 9.36. The predicted octanol–water partition coefficient (Wildman–Crippen LogP) is 1.83. The van der Waals surface area contributed by atoms with Gasteiger partial charge in [-0.2, -0.15) is 0 Å². The summed E-state index contributed by atoms with van der Waals surface area (Å²) >= 11 is 0. The van der Waals surface area contributed by atoms with Crippen LogP contribution in [0.1, 0.15) is 55.3 Å². The third kappa shape index (κ3) is 4.14. The maximum absolute atomic E-state index is 12.6. The Morgan fingerprint density at radius 3 is 2.16 bits per heavy atom. The number of ether oxygens (including phenoxy) is 2. The van der Waals surface area contributed by atoms with Crippen LogP contribution in [0.2, 0.25) is 0 Å². The lowest BCUT2D eigenvalue weighted by atomic mass is 10.1. The summed E-state index contributed by atoms with van der Waals surface area (Å²) in [7, 11) is 0. The van der Waals surface area contributed by atoms with E-state index >= 15 is 0 Å². The molecule has 0 radical (unpaired) electrons. The van der Waals surface area contributed by atoms with E-state index in [0.717, 1.165) is 0 Å². The zero-order valence-electron chi connectivity index (χ0n) is 17.8. The van der Waals surface area contributed by atoms with Gasteiger partial charge in [-0.15, -0.1) is 0 Å². The van der Waals surface area contributed by atoms with Crippen LogP contribution in [-0.2, 0) is 0 Å². The van der Waals surface area contributed by atoms with E-state index in [1.807, 2.05) is 13.8 Å². The normalized spacial score (nSPS) is 14.0. The number of carbonyl (C=O) groups is 4. The summed E-state index contributed by atoms with van der Waals surface area (Å²) in [5.41, 5.74) is 1.24. The molecule has 0 unspecified atom stereocenters. The number of carbonyl (C=O) groups excluding carboxylic acids is 4. The minimum absolute atomic E-state index is 0.130. The third-order valence-electron chi connectivity index (χ3n) is 5.11. The van der Waals surface area contributed by atoms with Crippen LogP contribution in [-0.4, -0.2) is 55.0 Å². The summed E-state index contributed by atoms with van der Waals surface area (Å²) in [5, 5.41) is 5.42. The van der Waals surface area contributed by atoms with Crippen LogP contribution in [0.5, 0.6) is 11.5 Å². The maximum atomic E-state index is 12.6. The summed E-state index contributed by atoms with van der Waals surface area (Å²) in [6.45, 7) is 4.71. The molecule has 166 valence electrons. The molecular weight excluding hydrogens is 414 g/mol. The number of benzene rings is 2. The van der Waals surface area contributed by atoms with E-state index in [-0.39, 0.29) is 54.6 Å². The molecule has 0 fully saturated rings. The van der Waals surface area contributed by atoms with Gasteiger partial charge in [-0.25, -0.2) is 0 Å². The van der Waals surface area contributed by atoms with Crippen molar-refractivity contribution in [1.29, 1.82) is 0 Å². The summed E-state index contributed by atoms with van der Waals surface area (Å²) in [4.78, 5) is 50.9. The van der Waals surface area contributed by atoms with Gasteiger partial charge in [-0.05, 0) is 42.3 Å². The van der Waals surface area contributed by atoms with Gasteiger partial charge in [0.2, 0.25) is 6.79 Å². The van der Waals surface area contributed by atoms with Crippen LogP contribution in [0, 0.1) is 5.92 Å². The molecule has 0 saturated heterocycles. The number of rotatable bonds is 7. The van der Waals surface area contributed by atoms with Gasteiger partial charge in [0, 0.05) is 30.8 Å². The number of hydrogen-bond donors (Lipinski definition) is 2. The lowest BCUT2D eigenvalue weighted by Crippen LogP contribution is -2.34. The fourth-order valence-electron chi connectivity index (χ4n) is 3.56. The van der Waals surface area contributed by atoms with Gasteiger partial charge in [0.25, 0.3) is 23.6 Å². The number of imide groups is 1. The van der Waals surface area contributed by atoms with Gasteiger partial charge in [0.15, 0.2) is 11.5 Å². The van der Waals surface area contributed by atoms with E-state index in [1.165, 1.54) is 23.1 Å². The first-order valence-electron chi connectivity index (χ1n) is 10.3. The first-order valence-corrected chi connectivity index (χ1v) is 10.3. The molecule has 0 aromatic heterocycles. The molecule has 0 saturated carbocycles. The summed E-state index contributed by atoms with van der Waals surface area (Å²) in [5.74, 6) is -0.163. The number of hydrogen-bond acceptors (Lipinski definition) is 6. The van der Waals surface area contributed by atoms with Crippen molar-refractivity contribution >= 4 is 23.6 Å². The van der Waals surface area contributed by atoms with Crippen LogP contribution < -0.4 is 20.1 Å². The molecule has 2 aliphatic heterocycles. The number of fused-ring (bicyclic) bond motifs is 2. The van der Waals surface area contributed by atoms with Gasteiger partial charge >= 0.3 is 0 Å². The van der Waals surface area contributed by atoms with Gasteiger partial charge in [-0.3, -0.25) is 24.1 Å². The molecule has 0 aliphatic carbocycles. The molecule has 4 amide bonds. The van der Waals surface area contributed by atoms with Crippen LogP contribution in [0.3, 0.4) is 0 Å². The van der Waals surface area contributed by atoms with Crippen molar-refractivity contribution in [3.05, 3.63) is 58.7 Å². The fraction of sp³-hybridized carbons (Fsp3) is 0.304. The molecule has 2 heterocycles. The van der Waals surface area contributed by atoms with Crippen molar-refractivity contribution < 1.29 is 28.7 Å². The largest absolute Gasteiger partial charge is 0.454 e. The standard InChI is InChI=1S/C23H23N3O6/c1-13(2)11-26-22(29)16-5-3-14(9-17(16)23(26)30)20(27)24-7-8-25-21(28)15-4-6-18-19(10-15)32-12-31-18/h3-6,9-10,13H,7-8,11-12H2,1-2H3,(H,24,27)(H,25,28). The molecule has 9 heteroatoms. The SMILES string of the molecule is CC(C)CN1C(=O)c2ccc(C(=O)NCCNC(=O)c3ccc4c(c3)OCO4)cc2C1=O. The topological polar surface area (TPSA) is 114 Å². The average molecular weight is 437 g/mol. The fourth-order valence-corrected chi connectivity index (χ4v) is 3.56. The molecule has 32 heavy (non-hydrogen) atoms. The second kappa shape index (κ2) is 8.70. The quantitative estimate of drug-likeness (QED) is 0.505. The summed E-state index contributed by atoms with van der Waals surface area (Å²) in [6.07, 6.45) is 0. The van der Waals surface area contributed by atoms with Crippen LogP contribution in [0.4, 0.5) is 0 Å². The smallest absolute Gasteiger partial charge is 0.261 e. The molecule has 0 spiro atoms. The Balaban J connectivity index is 1.31. The predicted molar refractivity (Wildman–Crippen MR) is 114 cm³/mol. The van der Waals surface area contributed by atoms with Crippen molar-refractivity contribution in [2.24, 2.45) is 5.92 Å². The van der Waals surface area contributed by atoms with E-state index in [1.54, 1.807) is 18.2 Å². The Hall–Kier alpha value is -3.88. The molecule has 0 bridgehead atoms. The van der Waals surface area contributed by atoms with Crippen molar-refractivity contribution in [3.63, 3.8) is 0 Å².